The minimum Gasteiger partial charge on any atom is -0.502 e. The highest BCUT2D eigenvalue weighted by molar-refractivity contribution is 6.24. The van der Waals surface area contributed by atoms with Crippen LogP contribution in [0.15, 0.2) is 60.2 Å². The molecular formula is C33H34N2O7. The van der Waals surface area contributed by atoms with Crippen LogP contribution in [-0.2, 0) is 19.2 Å². The number of methoxy groups -OCH3 is 2. The maximum atomic E-state index is 14.3. The summed E-state index contributed by atoms with van der Waals surface area (Å²) in [6.07, 6.45) is 6.49. The Bertz CT molecular complexity index is 1520. The fourth-order valence-electron chi connectivity index (χ4n) is 7.64. The third kappa shape index (κ3) is 3.82. The molecule has 9 nitrogen and oxygen atoms in total. The largest absolute Gasteiger partial charge is 0.502 e. The van der Waals surface area contributed by atoms with E-state index in [1.54, 1.807) is 43.3 Å². The van der Waals surface area contributed by atoms with E-state index in [9.17, 15) is 24.3 Å². The second-order valence-corrected chi connectivity index (χ2v) is 11.6. The Labute approximate surface area is 244 Å². The predicted molar refractivity (Wildman–Crippen MR) is 154 cm³/mol. The van der Waals surface area contributed by atoms with Gasteiger partial charge in [-0.3, -0.25) is 24.1 Å². The standard InChI is InChI=1S/C33H34N2O7/c1-5-34-29(37)21-13-12-20-22(27(21)31(34)39)17-24-30(38)35(19-9-7-6-8-10-19)32(40)33(24,2)23(20)14-11-18-15-25(41-3)28(36)26(16-18)42-4/h6-12,14-16,21-24,27,36H,5,13,17H2,1-4H3/t21-,22+,23-,24-,27-,33-/m0/s1. The molecule has 6 atom stereocenters. The monoisotopic (exact) mass is 570 g/mol. The van der Waals surface area contributed by atoms with Gasteiger partial charge in [0.15, 0.2) is 11.5 Å². The van der Waals surface area contributed by atoms with Crippen LogP contribution in [0.3, 0.4) is 0 Å². The van der Waals surface area contributed by atoms with Gasteiger partial charge in [-0.25, -0.2) is 4.90 Å². The number of benzene rings is 2. The zero-order valence-electron chi connectivity index (χ0n) is 24.1. The van der Waals surface area contributed by atoms with Gasteiger partial charge in [0, 0.05) is 12.5 Å². The predicted octanol–water partition coefficient (Wildman–Crippen LogP) is 4.21. The maximum absolute atomic E-state index is 14.3. The summed E-state index contributed by atoms with van der Waals surface area (Å²) >= 11 is 0. The molecule has 9 heteroatoms. The number of hydrogen-bond acceptors (Lipinski definition) is 7. The number of fused-ring (bicyclic) bond motifs is 4. The van der Waals surface area contributed by atoms with Crippen LogP contribution < -0.4 is 14.4 Å². The number of aromatic hydroxyl groups is 1. The van der Waals surface area contributed by atoms with E-state index in [4.69, 9.17) is 9.47 Å². The number of hydrogen-bond donors (Lipinski definition) is 1. The van der Waals surface area contributed by atoms with E-state index in [1.807, 2.05) is 31.2 Å². The van der Waals surface area contributed by atoms with E-state index in [0.717, 1.165) is 5.57 Å². The summed E-state index contributed by atoms with van der Waals surface area (Å²) in [6.45, 7) is 3.94. The van der Waals surface area contributed by atoms with Crippen LogP contribution in [0.1, 0.15) is 32.3 Å². The van der Waals surface area contributed by atoms with E-state index in [1.165, 1.54) is 24.0 Å². The Morgan fingerprint density at radius 2 is 1.64 bits per heavy atom. The van der Waals surface area contributed by atoms with E-state index in [2.05, 4.69) is 0 Å². The lowest BCUT2D eigenvalue weighted by Gasteiger charge is -2.47. The van der Waals surface area contributed by atoms with Crippen molar-refractivity contribution in [2.75, 3.05) is 25.7 Å². The number of carbonyl (C=O) groups excluding carboxylic acids is 4. The topological polar surface area (TPSA) is 113 Å². The number of rotatable bonds is 6. The SMILES string of the molecule is CCN1C(=O)[C@H]2[C@H](CC=C3[C@H]2C[C@H]2C(=O)N(c4ccccc4)C(=O)[C@@]2(C)[C@H]3C=Cc2cc(OC)c(O)c(OC)c2)C1=O. The first-order valence-corrected chi connectivity index (χ1v) is 14.3. The highest BCUT2D eigenvalue weighted by Gasteiger charge is 2.66. The molecule has 2 saturated heterocycles. The third-order valence-corrected chi connectivity index (χ3v) is 9.75. The first-order chi connectivity index (χ1) is 20.2. The molecule has 2 aromatic rings. The molecule has 2 heterocycles. The Morgan fingerprint density at radius 3 is 2.26 bits per heavy atom. The summed E-state index contributed by atoms with van der Waals surface area (Å²) in [4.78, 5) is 57.6. The Hall–Kier alpha value is -4.40. The molecular weight excluding hydrogens is 536 g/mol. The molecule has 2 aromatic carbocycles. The van der Waals surface area contributed by atoms with Crippen LogP contribution in [0.5, 0.6) is 17.2 Å². The summed E-state index contributed by atoms with van der Waals surface area (Å²) in [6, 6.07) is 12.2. The van der Waals surface area contributed by atoms with Crippen molar-refractivity contribution in [2.24, 2.45) is 35.0 Å². The number of imide groups is 2. The van der Waals surface area contributed by atoms with E-state index < -0.39 is 29.1 Å². The smallest absolute Gasteiger partial charge is 0.241 e. The van der Waals surface area contributed by atoms with Crippen molar-refractivity contribution in [3.05, 3.63) is 65.8 Å². The minimum absolute atomic E-state index is 0.122. The molecule has 0 spiro atoms. The lowest BCUT2D eigenvalue weighted by atomic mass is 9.52. The summed E-state index contributed by atoms with van der Waals surface area (Å²) in [5, 5.41) is 10.4. The molecule has 1 N–H and O–H groups in total. The average molecular weight is 571 g/mol. The van der Waals surface area contributed by atoms with Crippen LogP contribution in [0.2, 0.25) is 0 Å². The van der Waals surface area contributed by atoms with Gasteiger partial charge in [0.2, 0.25) is 29.4 Å². The van der Waals surface area contributed by atoms with Gasteiger partial charge in [-0.05, 0) is 62.4 Å². The first kappa shape index (κ1) is 27.8. The van der Waals surface area contributed by atoms with Crippen LogP contribution in [-0.4, -0.2) is 54.4 Å². The summed E-state index contributed by atoms with van der Waals surface area (Å²) in [7, 11) is 2.89. The number of allylic oxidation sites excluding steroid dienone is 3. The number of nitrogens with zero attached hydrogens (tertiary/aromatic N) is 2. The van der Waals surface area contributed by atoms with Gasteiger partial charge in [-0.1, -0.05) is 42.0 Å². The molecule has 0 radical (unpaired) electrons. The van der Waals surface area contributed by atoms with Gasteiger partial charge in [0.05, 0.1) is 43.1 Å². The summed E-state index contributed by atoms with van der Waals surface area (Å²) < 4.78 is 10.6. The zero-order chi connectivity index (χ0) is 29.9. The van der Waals surface area contributed by atoms with Crippen LogP contribution in [0.25, 0.3) is 6.08 Å². The van der Waals surface area contributed by atoms with E-state index in [0.29, 0.717) is 30.6 Å². The lowest BCUT2D eigenvalue weighted by molar-refractivity contribution is -0.140. The molecule has 2 aliphatic heterocycles. The Balaban J connectivity index is 1.48. The highest BCUT2D eigenvalue weighted by atomic mass is 16.5. The van der Waals surface area contributed by atoms with Crippen molar-refractivity contribution in [1.29, 1.82) is 0 Å². The second kappa shape index (κ2) is 10.2. The van der Waals surface area contributed by atoms with Crippen molar-refractivity contribution >= 4 is 35.4 Å². The summed E-state index contributed by atoms with van der Waals surface area (Å²) in [5.74, 6) is -3.14. The van der Waals surface area contributed by atoms with Crippen molar-refractivity contribution < 1.29 is 33.8 Å². The lowest BCUT2D eigenvalue weighted by Crippen LogP contribution is -2.49. The molecule has 218 valence electrons. The van der Waals surface area contributed by atoms with Gasteiger partial charge in [-0.15, -0.1) is 0 Å². The molecule has 6 rings (SSSR count). The molecule has 0 bridgehead atoms. The van der Waals surface area contributed by atoms with Crippen molar-refractivity contribution in [1.82, 2.24) is 4.90 Å². The van der Waals surface area contributed by atoms with Gasteiger partial charge < -0.3 is 14.6 Å². The van der Waals surface area contributed by atoms with Crippen LogP contribution >= 0.6 is 0 Å². The van der Waals surface area contributed by atoms with Crippen molar-refractivity contribution in [2.45, 2.75) is 26.7 Å². The van der Waals surface area contributed by atoms with Gasteiger partial charge in [0.25, 0.3) is 0 Å². The zero-order valence-corrected chi connectivity index (χ0v) is 24.1. The second-order valence-electron chi connectivity index (χ2n) is 11.6. The Morgan fingerprint density at radius 1 is 0.976 bits per heavy atom. The number of likely N-dealkylation sites (tertiary alicyclic amines) is 1. The van der Waals surface area contributed by atoms with Crippen LogP contribution in [0, 0.1) is 35.0 Å². The molecule has 4 amide bonds. The fourth-order valence-corrected chi connectivity index (χ4v) is 7.64. The normalized spacial score (nSPS) is 30.4. The van der Waals surface area contributed by atoms with Crippen molar-refractivity contribution in [3.63, 3.8) is 0 Å². The number of ether oxygens (including phenoxy) is 2. The van der Waals surface area contributed by atoms with Gasteiger partial charge in [0.1, 0.15) is 0 Å². The molecule has 4 aliphatic rings. The molecule has 0 unspecified atom stereocenters. The number of amides is 4. The number of phenols is 1. The van der Waals surface area contributed by atoms with E-state index >= 15 is 0 Å². The maximum Gasteiger partial charge on any atom is 0.241 e. The quantitative estimate of drug-likeness (QED) is 0.409. The van der Waals surface area contributed by atoms with Crippen LogP contribution in [0.4, 0.5) is 5.69 Å². The first-order valence-electron chi connectivity index (χ1n) is 14.3. The summed E-state index contributed by atoms with van der Waals surface area (Å²) in [5.41, 5.74) is 0.982. The molecule has 3 fully saturated rings. The molecule has 2 aliphatic carbocycles. The van der Waals surface area contributed by atoms with Gasteiger partial charge >= 0.3 is 0 Å². The number of carbonyl (C=O) groups is 4. The van der Waals surface area contributed by atoms with Gasteiger partial charge in [-0.2, -0.15) is 0 Å². The highest BCUT2D eigenvalue weighted by Crippen LogP contribution is 2.61. The fraction of sp³-hybridized carbons (Fsp3) is 0.394. The Kier molecular flexibility index (Phi) is 6.71. The molecule has 42 heavy (non-hydrogen) atoms. The van der Waals surface area contributed by atoms with E-state index in [-0.39, 0.29) is 46.8 Å². The third-order valence-electron chi connectivity index (χ3n) is 9.75. The molecule has 0 aromatic heterocycles. The number of anilines is 1. The average Bonchev–Trinajstić information content (AvgIpc) is 3.36. The molecule has 1 saturated carbocycles. The van der Waals surface area contributed by atoms with Crippen molar-refractivity contribution in [3.8, 4) is 17.2 Å². The number of para-hydroxylation sites is 1. The number of phenolic OH excluding ortho intramolecular Hbond substituents is 1. The minimum atomic E-state index is -1.11.